The lowest BCUT2D eigenvalue weighted by Crippen LogP contribution is -2.36. The maximum absolute atomic E-state index is 11.3. The summed E-state index contributed by atoms with van der Waals surface area (Å²) in [6.45, 7) is 3.95. The lowest BCUT2D eigenvalue weighted by Gasteiger charge is -2.14. The summed E-state index contributed by atoms with van der Waals surface area (Å²) in [6, 6.07) is 1.94. The van der Waals surface area contributed by atoms with E-state index in [0.717, 1.165) is 19.3 Å². The lowest BCUT2D eigenvalue weighted by molar-refractivity contribution is -0.126. The number of nitrogens with zero attached hydrogens (tertiary/aromatic N) is 1. The quantitative estimate of drug-likeness (QED) is 0.620. The van der Waals surface area contributed by atoms with Crippen LogP contribution < -0.4 is 5.32 Å². The first-order valence-electron chi connectivity index (χ1n) is 4.85. The summed E-state index contributed by atoms with van der Waals surface area (Å²) in [6.07, 6.45) is 2.50. The topological polar surface area (TPSA) is 73.1 Å². The SMILES string of the molecule is CC(C)(C#N)C(=O)NCCCCCO. The molecule has 2 N–H and O–H groups in total. The van der Waals surface area contributed by atoms with E-state index in [1.165, 1.54) is 0 Å². The van der Waals surface area contributed by atoms with Gasteiger partial charge in [-0.3, -0.25) is 4.79 Å². The third-order valence-electron chi connectivity index (χ3n) is 1.97. The first kappa shape index (κ1) is 12.9. The summed E-state index contributed by atoms with van der Waals surface area (Å²) < 4.78 is 0. The maximum atomic E-state index is 11.3. The smallest absolute Gasteiger partial charge is 0.239 e. The fourth-order valence-electron chi connectivity index (χ4n) is 0.887. The van der Waals surface area contributed by atoms with Crippen LogP contribution in [0, 0.1) is 16.7 Å². The molecule has 0 heterocycles. The molecule has 0 unspecified atom stereocenters. The zero-order chi connectivity index (χ0) is 11.0. The number of amides is 1. The van der Waals surface area contributed by atoms with Gasteiger partial charge in [-0.05, 0) is 33.1 Å². The van der Waals surface area contributed by atoms with E-state index in [2.05, 4.69) is 5.32 Å². The van der Waals surface area contributed by atoms with Crippen molar-refractivity contribution >= 4 is 5.91 Å². The molecule has 1 amide bonds. The van der Waals surface area contributed by atoms with Crippen LogP contribution in [-0.2, 0) is 4.79 Å². The normalized spacial score (nSPS) is 10.7. The Bertz CT molecular complexity index is 219. The van der Waals surface area contributed by atoms with Crippen LogP contribution in [0.1, 0.15) is 33.1 Å². The number of carbonyl (C=O) groups excluding carboxylic acids is 1. The number of hydrogen-bond acceptors (Lipinski definition) is 3. The molecule has 0 bridgehead atoms. The van der Waals surface area contributed by atoms with Crippen molar-refractivity contribution in [3.8, 4) is 6.07 Å². The highest BCUT2D eigenvalue weighted by Crippen LogP contribution is 2.12. The van der Waals surface area contributed by atoms with Crippen LogP contribution in [0.2, 0.25) is 0 Å². The van der Waals surface area contributed by atoms with Gasteiger partial charge in [0.1, 0.15) is 5.41 Å². The van der Waals surface area contributed by atoms with Crippen molar-refractivity contribution in [3.63, 3.8) is 0 Å². The number of carbonyl (C=O) groups is 1. The van der Waals surface area contributed by atoms with Crippen LogP contribution in [-0.4, -0.2) is 24.2 Å². The van der Waals surface area contributed by atoms with Crippen molar-refractivity contribution in [1.82, 2.24) is 5.32 Å². The molecule has 0 aromatic heterocycles. The van der Waals surface area contributed by atoms with Crippen LogP contribution in [0.4, 0.5) is 0 Å². The van der Waals surface area contributed by atoms with Crippen molar-refractivity contribution in [2.45, 2.75) is 33.1 Å². The van der Waals surface area contributed by atoms with Gasteiger partial charge in [-0.25, -0.2) is 0 Å². The van der Waals surface area contributed by atoms with Crippen molar-refractivity contribution < 1.29 is 9.90 Å². The monoisotopic (exact) mass is 198 g/mol. The number of hydrogen-bond donors (Lipinski definition) is 2. The average molecular weight is 198 g/mol. The van der Waals surface area contributed by atoms with E-state index < -0.39 is 5.41 Å². The number of aliphatic hydroxyl groups excluding tert-OH is 1. The van der Waals surface area contributed by atoms with Crippen molar-refractivity contribution in [3.05, 3.63) is 0 Å². The molecule has 0 saturated heterocycles. The zero-order valence-corrected chi connectivity index (χ0v) is 8.84. The van der Waals surface area contributed by atoms with Crippen molar-refractivity contribution in [2.75, 3.05) is 13.2 Å². The highest BCUT2D eigenvalue weighted by Gasteiger charge is 2.26. The predicted octanol–water partition coefficient (Wildman–Crippen LogP) is 0.815. The van der Waals surface area contributed by atoms with Crippen LogP contribution >= 0.6 is 0 Å². The molecule has 14 heavy (non-hydrogen) atoms. The van der Waals surface area contributed by atoms with Crippen LogP contribution in [0.25, 0.3) is 0 Å². The van der Waals surface area contributed by atoms with Crippen LogP contribution in [0.15, 0.2) is 0 Å². The third kappa shape index (κ3) is 4.83. The first-order chi connectivity index (χ1) is 6.54. The van der Waals surface area contributed by atoms with Gasteiger partial charge < -0.3 is 10.4 Å². The summed E-state index contributed by atoms with van der Waals surface area (Å²) in [5.41, 5.74) is -0.947. The molecule has 4 heteroatoms. The zero-order valence-electron chi connectivity index (χ0n) is 8.84. The fraction of sp³-hybridized carbons (Fsp3) is 0.800. The van der Waals surface area contributed by atoms with Gasteiger partial charge in [0.2, 0.25) is 5.91 Å². The van der Waals surface area contributed by atoms with Gasteiger partial charge in [0.15, 0.2) is 0 Å². The van der Waals surface area contributed by atoms with Gasteiger partial charge in [-0.2, -0.15) is 5.26 Å². The molecular weight excluding hydrogens is 180 g/mol. The standard InChI is InChI=1S/C10H18N2O2/c1-10(2,8-11)9(14)12-6-4-3-5-7-13/h13H,3-7H2,1-2H3,(H,12,14). The number of nitrogens with one attached hydrogen (secondary N) is 1. The van der Waals surface area contributed by atoms with E-state index in [1.54, 1.807) is 13.8 Å². The van der Waals surface area contributed by atoms with Crippen LogP contribution in [0.3, 0.4) is 0 Å². The molecule has 4 nitrogen and oxygen atoms in total. The van der Waals surface area contributed by atoms with E-state index in [4.69, 9.17) is 10.4 Å². The lowest BCUT2D eigenvalue weighted by atomic mass is 9.95. The molecule has 0 fully saturated rings. The molecule has 0 spiro atoms. The molecule has 0 aromatic carbocycles. The summed E-state index contributed by atoms with van der Waals surface area (Å²) >= 11 is 0. The molecule has 0 atom stereocenters. The van der Waals surface area contributed by atoms with E-state index in [-0.39, 0.29) is 12.5 Å². The minimum Gasteiger partial charge on any atom is -0.396 e. The predicted molar refractivity (Wildman–Crippen MR) is 53.3 cm³/mol. The Balaban J connectivity index is 3.61. The molecule has 0 aliphatic carbocycles. The Kier molecular flexibility index (Phi) is 5.89. The molecule has 0 aliphatic rings. The van der Waals surface area contributed by atoms with E-state index >= 15 is 0 Å². The van der Waals surface area contributed by atoms with Crippen molar-refractivity contribution in [1.29, 1.82) is 5.26 Å². The van der Waals surface area contributed by atoms with Gasteiger partial charge in [-0.15, -0.1) is 0 Å². The molecule has 0 aliphatic heterocycles. The van der Waals surface area contributed by atoms with Gasteiger partial charge >= 0.3 is 0 Å². The minimum atomic E-state index is -0.947. The van der Waals surface area contributed by atoms with Gasteiger partial charge in [0.25, 0.3) is 0 Å². The van der Waals surface area contributed by atoms with E-state index in [9.17, 15) is 4.79 Å². The number of unbranched alkanes of at least 4 members (excludes halogenated alkanes) is 2. The largest absolute Gasteiger partial charge is 0.396 e. The van der Waals surface area contributed by atoms with E-state index in [0.29, 0.717) is 6.54 Å². The second-order valence-electron chi connectivity index (χ2n) is 3.78. The first-order valence-corrected chi connectivity index (χ1v) is 4.85. The summed E-state index contributed by atoms with van der Waals surface area (Å²) in [4.78, 5) is 11.3. The maximum Gasteiger partial charge on any atom is 0.239 e. The Labute approximate surface area is 84.9 Å². The second kappa shape index (κ2) is 6.39. The third-order valence-corrected chi connectivity index (χ3v) is 1.97. The molecule has 0 rings (SSSR count). The summed E-state index contributed by atoms with van der Waals surface area (Å²) in [7, 11) is 0. The number of aliphatic hydroxyl groups is 1. The Morgan fingerprint density at radius 2 is 2.07 bits per heavy atom. The van der Waals surface area contributed by atoms with Crippen molar-refractivity contribution in [2.24, 2.45) is 5.41 Å². The van der Waals surface area contributed by atoms with Crippen LogP contribution in [0.5, 0.6) is 0 Å². The molecule has 80 valence electrons. The molecule has 0 aromatic rings. The summed E-state index contributed by atoms with van der Waals surface area (Å²) in [5.74, 6) is -0.232. The second-order valence-corrected chi connectivity index (χ2v) is 3.78. The van der Waals surface area contributed by atoms with Gasteiger partial charge in [0.05, 0.1) is 6.07 Å². The average Bonchev–Trinajstić information content (AvgIpc) is 2.17. The minimum absolute atomic E-state index is 0.192. The molecule has 0 radical (unpaired) electrons. The van der Waals surface area contributed by atoms with Gasteiger partial charge in [-0.1, -0.05) is 0 Å². The number of rotatable bonds is 6. The highest BCUT2D eigenvalue weighted by molar-refractivity contribution is 5.84. The highest BCUT2D eigenvalue weighted by atomic mass is 16.2. The Morgan fingerprint density at radius 1 is 1.43 bits per heavy atom. The Hall–Kier alpha value is -1.08. The van der Waals surface area contributed by atoms with Gasteiger partial charge in [0, 0.05) is 13.2 Å². The molecular formula is C10H18N2O2. The number of nitriles is 1. The fourth-order valence-corrected chi connectivity index (χ4v) is 0.887. The van der Waals surface area contributed by atoms with E-state index in [1.807, 2.05) is 6.07 Å². The Morgan fingerprint density at radius 3 is 2.57 bits per heavy atom. The molecule has 0 saturated carbocycles. The summed E-state index contributed by atoms with van der Waals surface area (Å²) in [5, 5.41) is 19.9.